The fraction of sp³-hybridized carbons (Fsp3) is 0.467. The molecule has 1 aromatic carbocycles. The van der Waals surface area contributed by atoms with Crippen molar-refractivity contribution in [1.29, 1.82) is 0 Å². The van der Waals surface area contributed by atoms with Crippen LogP contribution in [0.25, 0.3) is 0 Å². The minimum Gasteiger partial charge on any atom is -0.396 e. The van der Waals surface area contributed by atoms with Gasteiger partial charge in [0, 0.05) is 23.5 Å². The standard InChI is InChI=1S/C15H20BrN3O/c1-11(2)19-15(17-10-18-19)8-12(9-20)7-13-5-3-4-6-14(13)16/h3-6,10-12,20H,7-9H2,1-2H3. The first-order valence-corrected chi connectivity index (χ1v) is 7.63. The predicted octanol–water partition coefficient (Wildman–Crippen LogP) is 3.02. The maximum Gasteiger partial charge on any atom is 0.138 e. The van der Waals surface area contributed by atoms with Gasteiger partial charge in [-0.3, -0.25) is 0 Å². The van der Waals surface area contributed by atoms with Gasteiger partial charge in [-0.2, -0.15) is 5.10 Å². The fourth-order valence-electron chi connectivity index (χ4n) is 2.29. The Morgan fingerprint density at radius 3 is 2.65 bits per heavy atom. The van der Waals surface area contributed by atoms with Crippen molar-refractivity contribution in [2.75, 3.05) is 6.61 Å². The lowest BCUT2D eigenvalue weighted by atomic mass is 9.96. The molecule has 1 heterocycles. The molecule has 4 nitrogen and oxygen atoms in total. The number of nitrogens with zero attached hydrogens (tertiary/aromatic N) is 3. The lowest BCUT2D eigenvalue weighted by Gasteiger charge is -2.16. The van der Waals surface area contributed by atoms with Gasteiger partial charge in [0.15, 0.2) is 0 Å². The van der Waals surface area contributed by atoms with Gasteiger partial charge in [-0.1, -0.05) is 34.1 Å². The molecule has 0 aliphatic rings. The van der Waals surface area contributed by atoms with Crippen LogP contribution in [0.15, 0.2) is 35.1 Å². The van der Waals surface area contributed by atoms with Gasteiger partial charge in [0.05, 0.1) is 0 Å². The first-order valence-electron chi connectivity index (χ1n) is 6.84. The minimum absolute atomic E-state index is 0.145. The van der Waals surface area contributed by atoms with Crippen molar-refractivity contribution < 1.29 is 5.11 Å². The average Bonchev–Trinajstić information content (AvgIpc) is 2.88. The van der Waals surface area contributed by atoms with E-state index < -0.39 is 0 Å². The number of halogens is 1. The molecule has 2 aromatic rings. The van der Waals surface area contributed by atoms with Crippen LogP contribution in [0.5, 0.6) is 0 Å². The first-order chi connectivity index (χ1) is 9.61. The van der Waals surface area contributed by atoms with Crippen molar-refractivity contribution in [2.45, 2.75) is 32.7 Å². The normalized spacial score (nSPS) is 12.8. The molecule has 0 aliphatic heterocycles. The number of aromatic nitrogens is 3. The Labute approximate surface area is 128 Å². The van der Waals surface area contributed by atoms with Crippen LogP contribution in [-0.2, 0) is 12.8 Å². The Hall–Kier alpha value is -1.20. The Morgan fingerprint density at radius 2 is 2.00 bits per heavy atom. The van der Waals surface area contributed by atoms with Crippen LogP contribution in [0.3, 0.4) is 0 Å². The monoisotopic (exact) mass is 337 g/mol. The van der Waals surface area contributed by atoms with Crippen molar-refractivity contribution in [1.82, 2.24) is 14.8 Å². The zero-order valence-electron chi connectivity index (χ0n) is 11.8. The van der Waals surface area contributed by atoms with Gasteiger partial charge >= 0.3 is 0 Å². The number of benzene rings is 1. The summed E-state index contributed by atoms with van der Waals surface area (Å²) < 4.78 is 3.01. The SMILES string of the molecule is CC(C)n1ncnc1CC(CO)Cc1ccccc1Br. The van der Waals surface area contributed by atoms with E-state index in [9.17, 15) is 5.11 Å². The summed E-state index contributed by atoms with van der Waals surface area (Å²) in [6.45, 7) is 4.31. The zero-order chi connectivity index (χ0) is 14.5. The molecule has 2 rings (SSSR count). The van der Waals surface area contributed by atoms with E-state index >= 15 is 0 Å². The molecule has 0 bridgehead atoms. The number of aliphatic hydroxyl groups excluding tert-OH is 1. The highest BCUT2D eigenvalue weighted by Gasteiger charge is 2.16. The highest BCUT2D eigenvalue weighted by molar-refractivity contribution is 9.10. The molecule has 0 fully saturated rings. The van der Waals surface area contributed by atoms with E-state index in [0.29, 0.717) is 0 Å². The Kier molecular flexibility index (Phi) is 5.31. The largest absolute Gasteiger partial charge is 0.396 e. The molecular weight excluding hydrogens is 318 g/mol. The van der Waals surface area contributed by atoms with Crippen molar-refractivity contribution >= 4 is 15.9 Å². The van der Waals surface area contributed by atoms with Gasteiger partial charge in [0.25, 0.3) is 0 Å². The smallest absolute Gasteiger partial charge is 0.138 e. The highest BCUT2D eigenvalue weighted by atomic mass is 79.9. The van der Waals surface area contributed by atoms with E-state index in [2.05, 4.69) is 45.9 Å². The minimum atomic E-state index is 0.145. The molecule has 1 atom stereocenters. The molecular formula is C15H20BrN3O. The van der Waals surface area contributed by atoms with Crippen LogP contribution < -0.4 is 0 Å². The van der Waals surface area contributed by atoms with Crippen molar-refractivity contribution in [3.05, 3.63) is 46.5 Å². The molecule has 1 N–H and O–H groups in total. The summed E-state index contributed by atoms with van der Waals surface area (Å²) in [7, 11) is 0. The second kappa shape index (κ2) is 6.99. The topological polar surface area (TPSA) is 50.9 Å². The Balaban J connectivity index is 2.10. The number of hydrogen-bond acceptors (Lipinski definition) is 3. The van der Waals surface area contributed by atoms with Gasteiger partial charge in [0.1, 0.15) is 12.2 Å². The molecule has 20 heavy (non-hydrogen) atoms. The summed E-state index contributed by atoms with van der Waals surface area (Å²) >= 11 is 3.55. The second-order valence-corrected chi connectivity index (χ2v) is 6.12. The Morgan fingerprint density at radius 1 is 1.25 bits per heavy atom. The van der Waals surface area contributed by atoms with E-state index in [0.717, 1.165) is 23.1 Å². The summed E-state index contributed by atoms with van der Waals surface area (Å²) in [5.41, 5.74) is 1.21. The maximum atomic E-state index is 9.63. The van der Waals surface area contributed by atoms with E-state index in [1.54, 1.807) is 6.33 Å². The summed E-state index contributed by atoms with van der Waals surface area (Å²) in [4.78, 5) is 4.32. The number of rotatable bonds is 6. The van der Waals surface area contributed by atoms with Crippen LogP contribution >= 0.6 is 15.9 Å². The predicted molar refractivity (Wildman–Crippen MR) is 82.5 cm³/mol. The van der Waals surface area contributed by atoms with Crippen molar-refractivity contribution in [3.8, 4) is 0 Å². The van der Waals surface area contributed by atoms with E-state index in [1.807, 2.05) is 22.9 Å². The zero-order valence-corrected chi connectivity index (χ0v) is 13.4. The van der Waals surface area contributed by atoms with Gasteiger partial charge in [-0.25, -0.2) is 9.67 Å². The molecule has 0 amide bonds. The third kappa shape index (κ3) is 3.67. The van der Waals surface area contributed by atoms with Gasteiger partial charge in [-0.05, 0) is 37.8 Å². The van der Waals surface area contributed by atoms with Gasteiger partial charge in [0.2, 0.25) is 0 Å². The molecule has 0 spiro atoms. The van der Waals surface area contributed by atoms with E-state index in [1.165, 1.54) is 5.56 Å². The highest BCUT2D eigenvalue weighted by Crippen LogP contribution is 2.21. The first kappa shape index (κ1) is 15.2. The van der Waals surface area contributed by atoms with Crippen LogP contribution in [0.1, 0.15) is 31.3 Å². The summed E-state index contributed by atoms with van der Waals surface area (Å²) in [5, 5.41) is 13.9. The van der Waals surface area contributed by atoms with Crippen molar-refractivity contribution in [3.63, 3.8) is 0 Å². The molecule has 1 unspecified atom stereocenters. The quantitative estimate of drug-likeness (QED) is 0.881. The molecule has 5 heteroatoms. The van der Waals surface area contributed by atoms with Crippen LogP contribution in [0, 0.1) is 5.92 Å². The molecule has 0 saturated carbocycles. The summed E-state index contributed by atoms with van der Waals surface area (Å²) in [6.07, 6.45) is 3.14. The lowest BCUT2D eigenvalue weighted by molar-refractivity contribution is 0.221. The van der Waals surface area contributed by atoms with Gasteiger partial charge < -0.3 is 5.11 Å². The second-order valence-electron chi connectivity index (χ2n) is 5.26. The average molecular weight is 338 g/mol. The molecule has 1 aromatic heterocycles. The molecule has 0 saturated heterocycles. The van der Waals surface area contributed by atoms with E-state index in [-0.39, 0.29) is 18.6 Å². The van der Waals surface area contributed by atoms with E-state index in [4.69, 9.17) is 0 Å². The van der Waals surface area contributed by atoms with Gasteiger partial charge in [-0.15, -0.1) is 0 Å². The van der Waals surface area contributed by atoms with Crippen molar-refractivity contribution in [2.24, 2.45) is 5.92 Å². The fourth-order valence-corrected chi connectivity index (χ4v) is 2.73. The van der Waals surface area contributed by atoms with Crippen LogP contribution in [0.2, 0.25) is 0 Å². The summed E-state index contributed by atoms with van der Waals surface area (Å²) in [6, 6.07) is 8.41. The maximum absolute atomic E-state index is 9.63. The lowest BCUT2D eigenvalue weighted by Crippen LogP contribution is -2.18. The number of hydrogen-bond donors (Lipinski definition) is 1. The third-order valence-electron chi connectivity index (χ3n) is 3.33. The number of aliphatic hydroxyl groups is 1. The van der Waals surface area contributed by atoms with Crippen LogP contribution in [0.4, 0.5) is 0 Å². The summed E-state index contributed by atoms with van der Waals surface area (Å²) in [5.74, 6) is 1.08. The van der Waals surface area contributed by atoms with Crippen LogP contribution in [-0.4, -0.2) is 26.5 Å². The third-order valence-corrected chi connectivity index (χ3v) is 4.11. The Bertz CT molecular complexity index is 554. The molecule has 0 aliphatic carbocycles. The molecule has 0 radical (unpaired) electrons. The molecule has 108 valence electrons.